The van der Waals surface area contributed by atoms with Crippen molar-refractivity contribution in [1.82, 2.24) is 19.9 Å². The summed E-state index contributed by atoms with van der Waals surface area (Å²) in [6, 6.07) is 14.7. The Morgan fingerprint density at radius 3 is 2.59 bits per heavy atom. The van der Waals surface area contributed by atoms with Gasteiger partial charge in [-0.1, -0.05) is 18.2 Å². The lowest BCUT2D eigenvalue weighted by Crippen LogP contribution is -2.49. The van der Waals surface area contributed by atoms with E-state index in [-0.39, 0.29) is 11.9 Å². The van der Waals surface area contributed by atoms with Crippen molar-refractivity contribution in [1.29, 1.82) is 0 Å². The molecule has 4 aromatic rings. The number of nitrogens with zero attached hydrogens (tertiary/aromatic N) is 4. The Labute approximate surface area is 196 Å². The Morgan fingerprint density at radius 2 is 1.76 bits per heavy atom. The van der Waals surface area contributed by atoms with E-state index in [1.807, 2.05) is 59.6 Å². The van der Waals surface area contributed by atoms with Crippen LogP contribution in [0.5, 0.6) is 0 Å². The monoisotopic (exact) mass is 455 g/mol. The maximum atomic E-state index is 12.9. The molecular weight excluding hydrogens is 430 g/mol. The quantitative estimate of drug-likeness (QED) is 0.427. The molecule has 34 heavy (non-hydrogen) atoms. The Morgan fingerprint density at radius 1 is 0.941 bits per heavy atom. The first-order valence-corrected chi connectivity index (χ1v) is 11.2. The van der Waals surface area contributed by atoms with Crippen LogP contribution in [-0.2, 0) is 11.2 Å². The van der Waals surface area contributed by atoms with Crippen molar-refractivity contribution >= 4 is 40.0 Å². The van der Waals surface area contributed by atoms with Gasteiger partial charge in [-0.15, -0.1) is 0 Å². The van der Waals surface area contributed by atoms with Crippen molar-refractivity contribution in [2.24, 2.45) is 0 Å². The van der Waals surface area contributed by atoms with E-state index in [1.54, 1.807) is 18.6 Å². The Bertz CT molecular complexity index is 1300. The van der Waals surface area contributed by atoms with Crippen molar-refractivity contribution in [3.05, 3.63) is 78.9 Å². The van der Waals surface area contributed by atoms with Crippen LogP contribution in [0.25, 0.3) is 11.0 Å². The van der Waals surface area contributed by atoms with Crippen LogP contribution in [0.3, 0.4) is 0 Å². The van der Waals surface area contributed by atoms with Gasteiger partial charge in [-0.05, 0) is 35.9 Å². The molecule has 1 saturated heterocycles. The van der Waals surface area contributed by atoms with Crippen LogP contribution in [0.2, 0.25) is 0 Å². The second kappa shape index (κ2) is 9.62. The molecule has 0 bridgehead atoms. The number of anilines is 3. The number of urea groups is 1. The SMILES string of the molecule is O=C(Nc1ccccc1)Nc1cnccc1N1CCN(C(=O)Cc2c[nH]c3ncccc23)CC1. The Kier molecular flexibility index (Phi) is 6.07. The average molecular weight is 456 g/mol. The molecule has 3 aromatic heterocycles. The molecule has 1 aliphatic rings. The standard InChI is InChI=1S/C25H25N7O2/c33-23(15-18-16-28-24-20(18)7-4-9-27-24)32-13-11-31(12-14-32)22-8-10-26-17-21(22)30-25(34)29-19-5-2-1-3-6-19/h1-10,16-17H,11-15H2,(H,27,28)(H2,29,30,34). The summed E-state index contributed by atoms with van der Waals surface area (Å²) in [4.78, 5) is 41.1. The number of para-hydroxylation sites is 1. The molecule has 0 saturated carbocycles. The Balaban J connectivity index is 1.20. The van der Waals surface area contributed by atoms with E-state index in [0.717, 1.165) is 22.3 Å². The van der Waals surface area contributed by atoms with Gasteiger partial charge < -0.3 is 25.4 Å². The fourth-order valence-corrected chi connectivity index (χ4v) is 4.20. The molecule has 3 amide bonds. The number of carbonyl (C=O) groups excluding carboxylic acids is 2. The lowest BCUT2D eigenvalue weighted by Gasteiger charge is -2.36. The number of benzene rings is 1. The highest BCUT2D eigenvalue weighted by Crippen LogP contribution is 2.26. The molecule has 9 nitrogen and oxygen atoms in total. The minimum Gasteiger partial charge on any atom is -0.366 e. The average Bonchev–Trinajstić information content (AvgIpc) is 3.28. The van der Waals surface area contributed by atoms with Gasteiger partial charge in [0.25, 0.3) is 0 Å². The van der Waals surface area contributed by atoms with Gasteiger partial charge in [0.1, 0.15) is 5.65 Å². The first-order valence-electron chi connectivity index (χ1n) is 11.2. The molecule has 0 atom stereocenters. The second-order valence-corrected chi connectivity index (χ2v) is 8.10. The normalized spacial score (nSPS) is 13.6. The molecule has 1 aromatic carbocycles. The van der Waals surface area contributed by atoms with E-state index in [0.29, 0.717) is 44.0 Å². The smallest absolute Gasteiger partial charge is 0.323 e. The molecule has 3 N–H and O–H groups in total. The van der Waals surface area contributed by atoms with Crippen LogP contribution in [0.4, 0.5) is 21.9 Å². The summed E-state index contributed by atoms with van der Waals surface area (Å²) in [6.07, 6.45) is 7.28. The maximum Gasteiger partial charge on any atom is 0.323 e. The van der Waals surface area contributed by atoms with E-state index in [2.05, 4.69) is 30.5 Å². The van der Waals surface area contributed by atoms with Crippen LogP contribution in [-0.4, -0.2) is 58.0 Å². The largest absolute Gasteiger partial charge is 0.366 e. The van der Waals surface area contributed by atoms with Gasteiger partial charge in [0.2, 0.25) is 5.91 Å². The fraction of sp³-hybridized carbons (Fsp3) is 0.200. The van der Waals surface area contributed by atoms with E-state index in [1.165, 1.54) is 0 Å². The first kappa shape index (κ1) is 21.4. The molecule has 0 radical (unpaired) electrons. The van der Waals surface area contributed by atoms with Gasteiger partial charge in [0.05, 0.1) is 24.0 Å². The molecule has 1 fully saturated rings. The van der Waals surface area contributed by atoms with Crippen LogP contribution >= 0.6 is 0 Å². The van der Waals surface area contributed by atoms with Gasteiger partial charge in [-0.2, -0.15) is 0 Å². The van der Waals surface area contributed by atoms with Gasteiger partial charge in [-0.3, -0.25) is 9.78 Å². The van der Waals surface area contributed by atoms with Crippen molar-refractivity contribution in [3.8, 4) is 0 Å². The zero-order valence-electron chi connectivity index (χ0n) is 18.6. The van der Waals surface area contributed by atoms with Crippen LogP contribution < -0.4 is 15.5 Å². The van der Waals surface area contributed by atoms with Gasteiger partial charge in [0.15, 0.2) is 0 Å². The highest BCUT2D eigenvalue weighted by molar-refractivity contribution is 6.01. The van der Waals surface area contributed by atoms with Crippen molar-refractivity contribution < 1.29 is 9.59 Å². The van der Waals surface area contributed by atoms with Crippen LogP contribution in [0, 0.1) is 0 Å². The predicted octanol–water partition coefficient (Wildman–Crippen LogP) is 3.49. The third-order valence-electron chi connectivity index (χ3n) is 5.93. The van der Waals surface area contributed by atoms with E-state index in [9.17, 15) is 9.59 Å². The van der Waals surface area contributed by atoms with Crippen molar-refractivity contribution in [2.45, 2.75) is 6.42 Å². The summed E-state index contributed by atoms with van der Waals surface area (Å²) in [5, 5.41) is 6.69. The highest BCUT2D eigenvalue weighted by atomic mass is 16.2. The third-order valence-corrected chi connectivity index (χ3v) is 5.93. The fourth-order valence-electron chi connectivity index (χ4n) is 4.20. The number of aromatic amines is 1. The molecule has 0 spiro atoms. The molecular formula is C25H25N7O2. The number of nitrogens with one attached hydrogen (secondary N) is 3. The summed E-state index contributed by atoms with van der Waals surface area (Å²) in [7, 11) is 0. The minimum absolute atomic E-state index is 0.0970. The van der Waals surface area contributed by atoms with Crippen LogP contribution in [0.15, 0.2) is 73.3 Å². The molecule has 4 heterocycles. The predicted molar refractivity (Wildman–Crippen MR) is 132 cm³/mol. The summed E-state index contributed by atoms with van der Waals surface area (Å²) in [6.45, 7) is 2.55. The van der Waals surface area contributed by atoms with Gasteiger partial charge in [-0.25, -0.2) is 9.78 Å². The summed E-state index contributed by atoms with van der Waals surface area (Å²) < 4.78 is 0. The van der Waals surface area contributed by atoms with Gasteiger partial charge in [0, 0.05) is 55.8 Å². The highest BCUT2D eigenvalue weighted by Gasteiger charge is 2.24. The topological polar surface area (TPSA) is 106 Å². The third kappa shape index (κ3) is 4.68. The number of hydrogen-bond acceptors (Lipinski definition) is 5. The number of carbonyl (C=O) groups is 2. The van der Waals surface area contributed by atoms with Gasteiger partial charge >= 0.3 is 6.03 Å². The first-order chi connectivity index (χ1) is 16.7. The van der Waals surface area contributed by atoms with E-state index < -0.39 is 0 Å². The maximum absolute atomic E-state index is 12.9. The number of hydrogen-bond donors (Lipinski definition) is 3. The molecule has 172 valence electrons. The number of amides is 3. The summed E-state index contributed by atoms with van der Waals surface area (Å²) in [5.41, 5.74) is 3.98. The number of aromatic nitrogens is 3. The lowest BCUT2D eigenvalue weighted by atomic mass is 10.1. The Hall–Kier alpha value is -4.40. The number of pyridine rings is 2. The van der Waals surface area contributed by atoms with Crippen LogP contribution in [0.1, 0.15) is 5.56 Å². The molecule has 1 aliphatic heterocycles. The number of rotatable bonds is 5. The molecule has 5 rings (SSSR count). The number of H-pyrrole nitrogens is 1. The summed E-state index contributed by atoms with van der Waals surface area (Å²) in [5.74, 6) is 0.0970. The number of piperazine rings is 1. The van der Waals surface area contributed by atoms with Crippen molar-refractivity contribution in [2.75, 3.05) is 41.7 Å². The van der Waals surface area contributed by atoms with Crippen molar-refractivity contribution in [3.63, 3.8) is 0 Å². The zero-order chi connectivity index (χ0) is 23.3. The van der Waals surface area contributed by atoms with E-state index in [4.69, 9.17) is 0 Å². The minimum atomic E-state index is -0.331. The molecule has 9 heteroatoms. The molecule has 0 unspecified atom stereocenters. The van der Waals surface area contributed by atoms with E-state index >= 15 is 0 Å². The molecule has 0 aliphatic carbocycles. The second-order valence-electron chi connectivity index (χ2n) is 8.10. The number of fused-ring (bicyclic) bond motifs is 1. The zero-order valence-corrected chi connectivity index (χ0v) is 18.6. The summed E-state index contributed by atoms with van der Waals surface area (Å²) >= 11 is 0. The lowest BCUT2D eigenvalue weighted by molar-refractivity contribution is -0.130.